The maximum absolute atomic E-state index is 11.1. The van der Waals surface area contributed by atoms with Crippen molar-refractivity contribution in [3.63, 3.8) is 0 Å². The van der Waals surface area contributed by atoms with Crippen LogP contribution in [0.3, 0.4) is 0 Å². The van der Waals surface area contributed by atoms with E-state index in [4.69, 9.17) is 4.74 Å². The zero-order valence-electron chi connectivity index (χ0n) is 22.1. The molecule has 0 spiro atoms. The van der Waals surface area contributed by atoms with Gasteiger partial charge < -0.3 is 9.84 Å². The van der Waals surface area contributed by atoms with Gasteiger partial charge in [-0.2, -0.15) is 0 Å². The highest BCUT2D eigenvalue weighted by molar-refractivity contribution is 8.01. The number of hydrogen-bond acceptors (Lipinski definition) is 3. The number of aromatic hydroxyl groups is 1. The SMILES string of the molecule is COc1ccc([Si](CSc2cc(C(C)(C)C)c(O)c(C(C)(C)C)c2)(C(C)C)C(C)C)cc1. The van der Waals surface area contributed by atoms with Crippen LogP contribution in [0, 0.1) is 0 Å². The summed E-state index contributed by atoms with van der Waals surface area (Å²) >= 11 is 1.98. The second-order valence-corrected chi connectivity index (χ2v) is 18.6. The predicted molar refractivity (Wildman–Crippen MR) is 145 cm³/mol. The molecule has 0 aliphatic rings. The summed E-state index contributed by atoms with van der Waals surface area (Å²) in [6, 6.07) is 13.3. The minimum atomic E-state index is -1.84. The van der Waals surface area contributed by atoms with E-state index in [0.717, 1.165) is 22.3 Å². The molecule has 0 saturated carbocycles. The minimum absolute atomic E-state index is 0.110. The molecule has 0 bridgehead atoms. The normalized spacial score (nSPS) is 13.2. The molecule has 0 atom stereocenters. The molecule has 0 aliphatic carbocycles. The highest BCUT2D eigenvalue weighted by Crippen LogP contribution is 2.43. The van der Waals surface area contributed by atoms with Crippen molar-refractivity contribution in [2.24, 2.45) is 0 Å². The van der Waals surface area contributed by atoms with Crippen molar-refractivity contribution >= 4 is 25.0 Å². The van der Waals surface area contributed by atoms with Crippen LogP contribution in [0.5, 0.6) is 11.5 Å². The van der Waals surface area contributed by atoms with Gasteiger partial charge in [0.15, 0.2) is 0 Å². The molecular weight excluding hydrogens is 428 g/mol. The van der Waals surface area contributed by atoms with Gasteiger partial charge in [-0.1, -0.05) is 86.6 Å². The standard InChI is InChI=1S/C28H44O2SSi/c1-19(2)32(20(3)4,23-14-12-21(30-11)13-15-23)18-31-22-16-24(27(5,6)7)26(29)25(17-22)28(8,9)10/h12-17,19-20,29H,18H2,1-11H3. The number of benzene rings is 2. The first-order valence-corrected chi connectivity index (χ1v) is 15.1. The molecule has 0 unspecified atom stereocenters. The van der Waals surface area contributed by atoms with Gasteiger partial charge in [-0.15, -0.1) is 11.8 Å². The third-order valence-electron chi connectivity index (χ3n) is 6.87. The van der Waals surface area contributed by atoms with E-state index in [1.807, 2.05) is 11.8 Å². The third-order valence-corrected chi connectivity index (χ3v) is 15.5. The van der Waals surface area contributed by atoms with Crippen LogP contribution in [0.1, 0.15) is 80.4 Å². The van der Waals surface area contributed by atoms with Crippen molar-refractivity contribution in [3.05, 3.63) is 47.5 Å². The van der Waals surface area contributed by atoms with Crippen LogP contribution >= 0.6 is 11.8 Å². The fourth-order valence-corrected chi connectivity index (χ4v) is 13.5. The molecule has 0 radical (unpaired) electrons. The van der Waals surface area contributed by atoms with E-state index in [9.17, 15) is 5.11 Å². The lowest BCUT2D eigenvalue weighted by Gasteiger charge is -2.40. The van der Waals surface area contributed by atoms with Crippen molar-refractivity contribution in [3.8, 4) is 11.5 Å². The Labute approximate surface area is 202 Å². The summed E-state index contributed by atoms with van der Waals surface area (Å²) in [5.74, 6) is 1.38. The zero-order valence-corrected chi connectivity index (χ0v) is 23.9. The van der Waals surface area contributed by atoms with E-state index in [-0.39, 0.29) is 10.8 Å². The first-order valence-electron chi connectivity index (χ1n) is 11.8. The van der Waals surface area contributed by atoms with E-state index in [2.05, 4.69) is 106 Å². The number of hydrogen-bond donors (Lipinski definition) is 1. The molecule has 0 amide bonds. The molecule has 2 aromatic carbocycles. The quantitative estimate of drug-likeness (QED) is 0.329. The molecular formula is C28H44O2SSi. The predicted octanol–water partition coefficient (Wildman–Crippen LogP) is 7.80. The number of phenolic OH excluding ortho intramolecular Hbond substituents is 1. The first-order chi connectivity index (χ1) is 14.6. The van der Waals surface area contributed by atoms with E-state index in [1.165, 1.54) is 10.1 Å². The summed E-state index contributed by atoms with van der Waals surface area (Å²) in [5.41, 5.74) is 3.09. The Morgan fingerprint density at radius 2 is 1.28 bits per heavy atom. The first kappa shape index (κ1) is 26.9. The second kappa shape index (κ2) is 9.85. The molecule has 2 aromatic rings. The number of ether oxygens (including phenoxy) is 1. The van der Waals surface area contributed by atoms with Gasteiger partial charge in [-0.05, 0) is 51.6 Å². The van der Waals surface area contributed by atoms with E-state index >= 15 is 0 Å². The summed E-state index contributed by atoms with van der Waals surface area (Å²) in [7, 11) is -0.113. The van der Waals surface area contributed by atoms with Crippen LogP contribution in [0.15, 0.2) is 41.3 Å². The summed E-state index contributed by atoms with van der Waals surface area (Å²) < 4.78 is 5.42. The molecule has 0 heterocycles. The van der Waals surface area contributed by atoms with Crippen LogP contribution < -0.4 is 9.92 Å². The van der Waals surface area contributed by atoms with Gasteiger partial charge in [-0.25, -0.2) is 0 Å². The number of thioether (sulfide) groups is 1. The summed E-state index contributed by atoms with van der Waals surface area (Å²) in [6.07, 6.45) is 0. The van der Waals surface area contributed by atoms with Crippen molar-refractivity contribution < 1.29 is 9.84 Å². The van der Waals surface area contributed by atoms with Crippen LogP contribution in [-0.2, 0) is 10.8 Å². The lowest BCUT2D eigenvalue weighted by molar-refractivity contribution is 0.415. The van der Waals surface area contributed by atoms with Crippen molar-refractivity contribution in [1.82, 2.24) is 0 Å². The Balaban J connectivity index is 2.55. The Kier molecular flexibility index (Phi) is 8.26. The maximum atomic E-state index is 11.1. The molecule has 2 nitrogen and oxygen atoms in total. The number of methoxy groups -OCH3 is 1. The fourth-order valence-electron chi connectivity index (χ4n) is 4.69. The van der Waals surface area contributed by atoms with Gasteiger partial charge in [0.2, 0.25) is 0 Å². The summed E-state index contributed by atoms with van der Waals surface area (Å²) in [6.45, 7) is 22.7. The Bertz CT molecular complexity index is 860. The van der Waals surface area contributed by atoms with Crippen LogP contribution in [0.25, 0.3) is 0 Å². The molecule has 1 N–H and O–H groups in total. The van der Waals surface area contributed by atoms with Gasteiger partial charge in [0.1, 0.15) is 19.6 Å². The second-order valence-electron chi connectivity index (χ2n) is 11.7. The van der Waals surface area contributed by atoms with Crippen molar-refractivity contribution in [2.75, 3.05) is 12.5 Å². The minimum Gasteiger partial charge on any atom is -0.507 e. The average molecular weight is 473 g/mol. The Hall–Kier alpha value is -1.39. The van der Waals surface area contributed by atoms with E-state index in [1.54, 1.807) is 7.11 Å². The molecule has 2 rings (SSSR count). The third kappa shape index (κ3) is 5.56. The van der Waals surface area contributed by atoms with Gasteiger partial charge in [0, 0.05) is 16.0 Å². The summed E-state index contributed by atoms with van der Waals surface area (Å²) in [5, 5.41) is 13.7. The van der Waals surface area contributed by atoms with Crippen LogP contribution in [0.4, 0.5) is 0 Å². The maximum Gasteiger partial charge on any atom is 0.123 e. The van der Waals surface area contributed by atoms with Gasteiger partial charge in [0.25, 0.3) is 0 Å². The molecule has 0 saturated heterocycles. The summed E-state index contributed by atoms with van der Waals surface area (Å²) in [4.78, 5) is 1.27. The monoisotopic (exact) mass is 472 g/mol. The molecule has 0 fully saturated rings. The largest absolute Gasteiger partial charge is 0.507 e. The zero-order chi connectivity index (χ0) is 24.5. The van der Waals surface area contributed by atoms with Gasteiger partial charge in [-0.3, -0.25) is 0 Å². The lowest BCUT2D eigenvalue weighted by atomic mass is 9.79. The van der Waals surface area contributed by atoms with Crippen molar-refractivity contribution in [1.29, 1.82) is 0 Å². The van der Waals surface area contributed by atoms with Crippen LogP contribution in [0.2, 0.25) is 11.1 Å². The molecule has 32 heavy (non-hydrogen) atoms. The highest BCUT2D eigenvalue weighted by atomic mass is 32.2. The molecule has 0 aliphatic heterocycles. The number of phenols is 1. The van der Waals surface area contributed by atoms with Gasteiger partial charge in [0.05, 0.1) is 7.11 Å². The number of rotatable bonds is 7. The lowest BCUT2D eigenvalue weighted by Crippen LogP contribution is -2.55. The smallest absolute Gasteiger partial charge is 0.123 e. The molecule has 178 valence electrons. The Morgan fingerprint density at radius 1 is 0.844 bits per heavy atom. The highest BCUT2D eigenvalue weighted by Gasteiger charge is 2.41. The van der Waals surface area contributed by atoms with Crippen molar-refractivity contribution in [2.45, 2.75) is 96.0 Å². The topological polar surface area (TPSA) is 29.5 Å². The molecule has 0 aromatic heterocycles. The fraction of sp³-hybridized carbons (Fsp3) is 0.571. The Morgan fingerprint density at radius 3 is 1.62 bits per heavy atom. The van der Waals surface area contributed by atoms with E-state index in [0.29, 0.717) is 16.8 Å². The van der Waals surface area contributed by atoms with Gasteiger partial charge >= 0.3 is 0 Å². The molecule has 4 heteroatoms. The van der Waals surface area contributed by atoms with Crippen LogP contribution in [-0.4, -0.2) is 25.7 Å². The van der Waals surface area contributed by atoms with E-state index < -0.39 is 8.07 Å². The average Bonchev–Trinajstić information content (AvgIpc) is 2.67.